The number of rotatable bonds is 26. The van der Waals surface area contributed by atoms with Crippen molar-refractivity contribution in [3.63, 3.8) is 0 Å². The summed E-state index contributed by atoms with van der Waals surface area (Å²) in [6.45, 7) is -1.16. The third kappa shape index (κ3) is 21.6. The van der Waals surface area contributed by atoms with Gasteiger partial charge in [-0.3, -0.25) is 9.59 Å². The topological polar surface area (TPSA) is 255 Å². The molecule has 90 heavy (non-hydrogen) atoms. The molecule has 8 rings (SSSR count). The van der Waals surface area contributed by atoms with Crippen LogP contribution in [0.1, 0.15) is 59.6 Å². The Bertz CT molecular complexity index is 3820. The lowest BCUT2D eigenvalue weighted by Crippen LogP contribution is -2.40. The predicted molar refractivity (Wildman–Crippen MR) is 335 cm³/mol. The van der Waals surface area contributed by atoms with Crippen LogP contribution in [0.15, 0.2) is 146 Å². The Kier molecular flexibility index (Phi) is 23.6. The van der Waals surface area contributed by atoms with Crippen LogP contribution in [0.3, 0.4) is 0 Å². The molecule has 0 radical (unpaired) electrons. The van der Waals surface area contributed by atoms with Gasteiger partial charge in [0.25, 0.3) is 20.4 Å². The maximum absolute atomic E-state index is 12.3. The lowest BCUT2D eigenvalue weighted by atomic mass is 10.1. The van der Waals surface area contributed by atoms with E-state index >= 15 is 0 Å². The smallest absolute Gasteiger partial charge is 0.389 e. The van der Waals surface area contributed by atoms with Crippen molar-refractivity contribution in [2.75, 3.05) is 34.9 Å². The minimum absolute atomic E-state index is 0.0528. The molecular formula is C60H54Cl4F6N8O10S2. The molecule has 0 bridgehead atoms. The second kappa shape index (κ2) is 30.6. The number of benzene rings is 6. The third-order valence-corrected chi connectivity index (χ3v) is 15.7. The van der Waals surface area contributed by atoms with Crippen molar-refractivity contribution in [3.05, 3.63) is 200 Å². The molecule has 0 saturated carbocycles. The summed E-state index contributed by atoms with van der Waals surface area (Å²) in [5.41, 5.74) is 5.67. The number of imidazole rings is 2. The number of carbonyl (C=O) groups is 2. The van der Waals surface area contributed by atoms with Gasteiger partial charge in [-0.15, -0.1) is 0 Å². The number of hydrogen-bond acceptors (Lipinski definition) is 10. The Labute approximate surface area is 533 Å². The highest BCUT2D eigenvalue weighted by molar-refractivity contribution is 7.90. The summed E-state index contributed by atoms with van der Waals surface area (Å²) in [7, 11) is -8.63. The van der Waals surface area contributed by atoms with Gasteiger partial charge in [0.1, 0.15) is 36.2 Å². The molecule has 0 spiro atoms. The van der Waals surface area contributed by atoms with E-state index in [4.69, 9.17) is 86.3 Å². The standard InChI is InChI=1S/2C30H27Cl2F3N4O5S/c2*31-22-7-12-25(26(32)16-22)27-18-38(17-21-2-8-23(9-3-21)39(19-29(40)41)45(36,42)43)28(37-27)13-6-20-4-10-24(11-5-20)44-15-1-14-30(33,34)35/h2*2-13,16,18H,1,14-15,17,19H2,(H,40,41)(H2,36,42,43)/b2*13-6+. The zero-order valence-corrected chi connectivity index (χ0v) is 51.5. The number of alkyl halides is 6. The molecule has 2 aromatic heterocycles. The van der Waals surface area contributed by atoms with Gasteiger partial charge < -0.3 is 28.8 Å². The average molecular weight is 1370 g/mol. The van der Waals surface area contributed by atoms with Gasteiger partial charge in [0, 0.05) is 59.5 Å². The summed E-state index contributed by atoms with van der Waals surface area (Å²) in [4.78, 5) is 31.8. The van der Waals surface area contributed by atoms with E-state index in [9.17, 15) is 52.8 Å². The highest BCUT2D eigenvalue weighted by atomic mass is 35.5. The number of ether oxygens (including phenoxy) is 2. The maximum Gasteiger partial charge on any atom is 0.389 e. The van der Waals surface area contributed by atoms with Crippen molar-refractivity contribution in [1.29, 1.82) is 0 Å². The first-order chi connectivity index (χ1) is 42.3. The number of aliphatic carboxylic acids is 2. The molecule has 30 heteroatoms. The van der Waals surface area contributed by atoms with E-state index in [0.29, 0.717) is 87.5 Å². The minimum Gasteiger partial charge on any atom is -0.494 e. The van der Waals surface area contributed by atoms with Crippen LogP contribution in [0.2, 0.25) is 20.1 Å². The number of aromatic nitrogens is 4. The summed E-state index contributed by atoms with van der Waals surface area (Å²) < 4.78 is 137. The van der Waals surface area contributed by atoms with Crippen LogP contribution in [0.5, 0.6) is 11.5 Å². The first kappa shape index (κ1) is 69.4. The molecule has 0 unspecified atom stereocenters. The van der Waals surface area contributed by atoms with Crippen molar-refractivity contribution in [1.82, 2.24) is 19.1 Å². The second-order valence-electron chi connectivity index (χ2n) is 19.6. The van der Waals surface area contributed by atoms with Crippen molar-refractivity contribution >= 4 is 114 Å². The molecule has 0 fully saturated rings. The Hall–Kier alpha value is -8.08. The molecule has 0 aliphatic rings. The van der Waals surface area contributed by atoms with Gasteiger partial charge in [0.05, 0.1) is 46.0 Å². The molecule has 2 heterocycles. The van der Waals surface area contributed by atoms with E-state index in [2.05, 4.69) is 0 Å². The van der Waals surface area contributed by atoms with E-state index in [-0.39, 0.29) is 37.4 Å². The third-order valence-electron chi connectivity index (χ3n) is 12.7. The fourth-order valence-corrected chi connectivity index (χ4v) is 10.9. The summed E-state index contributed by atoms with van der Waals surface area (Å²) in [5, 5.41) is 30.3. The van der Waals surface area contributed by atoms with Crippen LogP contribution < -0.4 is 28.4 Å². The number of nitrogens with zero attached hydrogens (tertiary/aromatic N) is 6. The summed E-state index contributed by atoms with van der Waals surface area (Å²) in [6, 6.07) is 36.2. The monoisotopic (exact) mass is 1360 g/mol. The van der Waals surface area contributed by atoms with E-state index in [1.165, 1.54) is 24.3 Å². The number of carboxylic acid groups (broad SMARTS) is 2. The highest BCUT2D eigenvalue weighted by Crippen LogP contribution is 2.33. The van der Waals surface area contributed by atoms with Crippen molar-refractivity contribution in [3.8, 4) is 34.0 Å². The summed E-state index contributed by atoms with van der Waals surface area (Å²) in [6.07, 6.45) is 0.213. The van der Waals surface area contributed by atoms with Crippen LogP contribution in [0.4, 0.5) is 37.7 Å². The van der Waals surface area contributed by atoms with E-state index in [1.54, 1.807) is 146 Å². The van der Waals surface area contributed by atoms with Gasteiger partial charge in [-0.25, -0.2) is 28.9 Å². The largest absolute Gasteiger partial charge is 0.494 e. The van der Waals surface area contributed by atoms with Crippen LogP contribution in [0, 0.1) is 0 Å². The summed E-state index contributed by atoms with van der Waals surface area (Å²) in [5.74, 6) is -0.736. The minimum atomic E-state index is -4.32. The fraction of sp³-hybridized carbons (Fsp3) is 0.200. The SMILES string of the molecule is NS(=O)(=O)N(CC(=O)O)c1ccc(Cn2cc(-c3ccc(Cl)cc3Cl)nc2/C=C/c2ccc(OCCCC(F)(F)F)cc2)cc1.NS(=O)(=O)N(CC(=O)O)c1ccc(Cn2cc(-c3ccc(Cl)cc3Cl)nc2/C=C/c2ccc(OCCCC(F)(F)F)cc2)cc1. The number of nitrogens with two attached hydrogens (primary N) is 2. The first-order valence-electron chi connectivity index (χ1n) is 26.6. The van der Waals surface area contributed by atoms with E-state index in [0.717, 1.165) is 22.3 Å². The van der Waals surface area contributed by atoms with E-state index in [1.807, 2.05) is 9.13 Å². The van der Waals surface area contributed by atoms with Crippen LogP contribution in [0.25, 0.3) is 46.8 Å². The lowest BCUT2D eigenvalue weighted by Gasteiger charge is -2.20. The van der Waals surface area contributed by atoms with Crippen molar-refractivity contribution < 1.29 is 72.5 Å². The number of anilines is 2. The van der Waals surface area contributed by atoms with Gasteiger partial charge in [-0.2, -0.15) is 43.2 Å². The molecule has 6 aromatic carbocycles. The van der Waals surface area contributed by atoms with Crippen molar-refractivity contribution in [2.45, 2.75) is 51.1 Å². The molecule has 0 aliphatic heterocycles. The Morgan fingerprint density at radius 1 is 0.522 bits per heavy atom. The quantitative estimate of drug-likeness (QED) is 0.0292. The molecule has 476 valence electrons. The van der Waals surface area contributed by atoms with Crippen LogP contribution >= 0.6 is 46.4 Å². The van der Waals surface area contributed by atoms with Crippen LogP contribution in [-0.2, 0) is 43.1 Å². The fourth-order valence-electron chi connectivity index (χ4n) is 8.48. The van der Waals surface area contributed by atoms with Gasteiger partial charge >= 0.3 is 24.3 Å². The maximum atomic E-state index is 12.3. The number of halogens is 10. The zero-order valence-electron chi connectivity index (χ0n) is 46.8. The van der Waals surface area contributed by atoms with Gasteiger partial charge in [-0.05, 0) is 132 Å². The molecule has 6 N–H and O–H groups in total. The van der Waals surface area contributed by atoms with E-state index < -0.39 is 70.6 Å². The predicted octanol–water partition coefficient (Wildman–Crippen LogP) is 13.8. The van der Waals surface area contributed by atoms with Gasteiger partial charge in [-0.1, -0.05) is 107 Å². The van der Waals surface area contributed by atoms with Crippen LogP contribution in [-0.4, -0.2) is 96.7 Å². The van der Waals surface area contributed by atoms with Crippen molar-refractivity contribution in [2.24, 2.45) is 10.3 Å². The highest BCUT2D eigenvalue weighted by Gasteiger charge is 2.28. The zero-order chi connectivity index (χ0) is 65.6. The number of carboxylic acids is 2. The number of hydrogen-bond donors (Lipinski definition) is 4. The lowest BCUT2D eigenvalue weighted by molar-refractivity contribution is -0.137. The second-order valence-corrected chi connectivity index (χ2v) is 24.3. The molecular weight excluding hydrogens is 1310 g/mol. The molecule has 0 atom stereocenters. The van der Waals surface area contributed by atoms with Gasteiger partial charge in [0.2, 0.25) is 0 Å². The normalized spacial score (nSPS) is 12.0. The molecule has 18 nitrogen and oxygen atoms in total. The Balaban J connectivity index is 0.000000256. The molecule has 0 saturated heterocycles. The Morgan fingerprint density at radius 2 is 0.867 bits per heavy atom. The molecule has 0 aliphatic carbocycles. The first-order valence-corrected chi connectivity index (χ1v) is 31.1. The Morgan fingerprint density at radius 3 is 1.17 bits per heavy atom. The molecule has 0 amide bonds. The van der Waals surface area contributed by atoms with Gasteiger partial charge in [0.15, 0.2) is 0 Å². The molecule has 8 aromatic rings. The average Bonchev–Trinajstić information content (AvgIpc) is 1.65. The summed E-state index contributed by atoms with van der Waals surface area (Å²) >= 11 is 25.0.